The van der Waals surface area contributed by atoms with Gasteiger partial charge in [0, 0.05) is 19.2 Å². The zero-order chi connectivity index (χ0) is 17.6. The van der Waals surface area contributed by atoms with Crippen LogP contribution < -0.4 is 5.56 Å². The molecule has 4 rings (SSSR count). The van der Waals surface area contributed by atoms with Crippen LogP contribution in [0.15, 0.2) is 53.6 Å². The highest BCUT2D eigenvalue weighted by atomic mass is 19.1. The van der Waals surface area contributed by atoms with Crippen LogP contribution in [0.3, 0.4) is 0 Å². The normalized spacial score (nSPS) is 13.6. The molecule has 25 heavy (non-hydrogen) atoms. The topological polar surface area (TPSA) is 72.3 Å². The lowest BCUT2D eigenvalue weighted by atomic mass is 10.1. The van der Waals surface area contributed by atoms with Crippen molar-refractivity contribution in [3.8, 4) is 0 Å². The number of hydrogen-bond donors (Lipinski definition) is 0. The highest BCUT2D eigenvalue weighted by molar-refractivity contribution is 6.21. The average molecular weight is 337 g/mol. The molecular weight excluding hydrogens is 325 g/mol. The third kappa shape index (κ3) is 2.40. The van der Waals surface area contributed by atoms with E-state index < -0.39 is 5.82 Å². The second-order valence-corrected chi connectivity index (χ2v) is 5.71. The maximum atomic E-state index is 13.2. The zero-order valence-corrected chi connectivity index (χ0v) is 13.0. The summed E-state index contributed by atoms with van der Waals surface area (Å²) in [7, 11) is 0. The van der Waals surface area contributed by atoms with Crippen molar-refractivity contribution in [1.29, 1.82) is 0 Å². The molecule has 0 unspecified atom stereocenters. The lowest BCUT2D eigenvalue weighted by Gasteiger charge is -2.14. The van der Waals surface area contributed by atoms with Gasteiger partial charge in [0.1, 0.15) is 5.82 Å². The van der Waals surface area contributed by atoms with Crippen LogP contribution in [0, 0.1) is 5.82 Å². The minimum absolute atomic E-state index is 0.0562. The number of halogens is 1. The molecule has 1 aromatic heterocycles. The summed E-state index contributed by atoms with van der Waals surface area (Å²) in [6.07, 6.45) is 1.29. The number of carbonyl (C=O) groups excluding carboxylic acids is 2. The van der Waals surface area contributed by atoms with Gasteiger partial charge in [0.15, 0.2) is 0 Å². The molecule has 1 aliphatic rings. The fraction of sp³-hybridized carbons (Fsp3) is 0.111. The molecule has 2 aromatic carbocycles. The van der Waals surface area contributed by atoms with Crippen molar-refractivity contribution in [3.05, 3.63) is 76.1 Å². The molecule has 6 nitrogen and oxygen atoms in total. The maximum absolute atomic E-state index is 13.2. The summed E-state index contributed by atoms with van der Waals surface area (Å²) in [6, 6.07) is 10.4. The highest BCUT2D eigenvalue weighted by Crippen LogP contribution is 2.22. The molecule has 124 valence electrons. The van der Waals surface area contributed by atoms with Crippen LogP contribution in [0.2, 0.25) is 0 Å². The summed E-state index contributed by atoms with van der Waals surface area (Å²) in [5, 5.41) is 0.284. The van der Waals surface area contributed by atoms with Crippen LogP contribution in [-0.2, 0) is 6.54 Å². The number of amides is 2. The van der Waals surface area contributed by atoms with Crippen molar-refractivity contribution < 1.29 is 14.0 Å². The monoisotopic (exact) mass is 337 g/mol. The molecule has 1 aliphatic heterocycles. The Morgan fingerprint density at radius 3 is 2.28 bits per heavy atom. The smallest absolute Gasteiger partial charge is 0.261 e. The molecule has 0 bridgehead atoms. The molecule has 7 heteroatoms. The molecule has 0 saturated heterocycles. The van der Waals surface area contributed by atoms with Crippen LogP contribution in [0.1, 0.15) is 20.7 Å². The first-order valence-electron chi connectivity index (χ1n) is 7.66. The van der Waals surface area contributed by atoms with Crippen molar-refractivity contribution in [2.75, 3.05) is 6.54 Å². The summed E-state index contributed by atoms with van der Waals surface area (Å²) >= 11 is 0. The molecule has 0 N–H and O–H groups in total. The Morgan fingerprint density at radius 2 is 1.60 bits per heavy atom. The van der Waals surface area contributed by atoms with Gasteiger partial charge in [0.25, 0.3) is 17.4 Å². The summed E-state index contributed by atoms with van der Waals surface area (Å²) in [5.74, 6) is -1.21. The molecule has 0 atom stereocenters. The van der Waals surface area contributed by atoms with Crippen LogP contribution in [0.5, 0.6) is 0 Å². The Balaban J connectivity index is 1.61. The van der Waals surface area contributed by atoms with Crippen LogP contribution >= 0.6 is 0 Å². The van der Waals surface area contributed by atoms with Gasteiger partial charge in [-0.3, -0.25) is 23.9 Å². The molecule has 0 fully saturated rings. The Kier molecular flexibility index (Phi) is 3.42. The summed E-state index contributed by atoms with van der Waals surface area (Å²) in [6.45, 7) is 0.172. The van der Waals surface area contributed by atoms with Gasteiger partial charge in [-0.15, -0.1) is 0 Å². The molecule has 0 spiro atoms. The molecule has 0 radical (unpaired) electrons. The van der Waals surface area contributed by atoms with Crippen molar-refractivity contribution in [2.24, 2.45) is 0 Å². The molecular formula is C18H12FN3O3. The van der Waals surface area contributed by atoms with Gasteiger partial charge >= 0.3 is 0 Å². The van der Waals surface area contributed by atoms with E-state index in [1.54, 1.807) is 24.3 Å². The molecule has 3 aromatic rings. The number of imide groups is 1. The van der Waals surface area contributed by atoms with Gasteiger partial charge in [0.2, 0.25) is 0 Å². The quantitative estimate of drug-likeness (QED) is 0.684. The molecule has 2 heterocycles. The zero-order valence-electron chi connectivity index (χ0n) is 13.0. The maximum Gasteiger partial charge on any atom is 0.261 e. The molecule has 2 amide bonds. The lowest BCUT2D eigenvalue weighted by molar-refractivity contribution is 0.0648. The Labute approximate surface area is 141 Å². The Morgan fingerprint density at radius 1 is 0.920 bits per heavy atom. The van der Waals surface area contributed by atoms with E-state index in [1.807, 2.05) is 0 Å². The van der Waals surface area contributed by atoms with Gasteiger partial charge in [-0.05, 0) is 24.3 Å². The van der Waals surface area contributed by atoms with Gasteiger partial charge in [0.05, 0.1) is 28.4 Å². The van der Waals surface area contributed by atoms with E-state index >= 15 is 0 Å². The minimum atomic E-state index is -0.469. The fourth-order valence-corrected chi connectivity index (χ4v) is 2.94. The lowest BCUT2D eigenvalue weighted by Crippen LogP contribution is -2.35. The van der Waals surface area contributed by atoms with E-state index in [-0.39, 0.29) is 41.4 Å². The summed E-state index contributed by atoms with van der Waals surface area (Å²) in [4.78, 5) is 42.3. The van der Waals surface area contributed by atoms with E-state index in [0.717, 1.165) is 4.90 Å². The number of hydrogen-bond acceptors (Lipinski definition) is 4. The first kappa shape index (κ1) is 15.2. The standard InChI is InChI=1S/C18H12FN3O3/c19-11-5-6-14-15(9-11)20-10-21(16(14)23)7-8-22-17(24)12-3-1-2-4-13(12)18(22)25/h1-6,9-10H,7-8H2. The first-order valence-corrected chi connectivity index (χ1v) is 7.66. The largest absolute Gasteiger partial charge is 0.297 e. The van der Waals surface area contributed by atoms with E-state index in [9.17, 15) is 18.8 Å². The SMILES string of the molecule is O=C1c2ccccc2C(=O)N1CCn1cnc2cc(F)ccc2c1=O. The van der Waals surface area contributed by atoms with Crippen LogP contribution in [-0.4, -0.2) is 32.8 Å². The highest BCUT2D eigenvalue weighted by Gasteiger charge is 2.34. The van der Waals surface area contributed by atoms with Crippen molar-refractivity contribution in [1.82, 2.24) is 14.5 Å². The number of rotatable bonds is 3. The number of benzene rings is 2. The number of nitrogens with zero attached hydrogens (tertiary/aromatic N) is 3. The second-order valence-electron chi connectivity index (χ2n) is 5.71. The fourth-order valence-electron chi connectivity index (χ4n) is 2.94. The van der Waals surface area contributed by atoms with Crippen molar-refractivity contribution >= 4 is 22.7 Å². The van der Waals surface area contributed by atoms with E-state index in [4.69, 9.17) is 0 Å². The first-order chi connectivity index (χ1) is 12.1. The molecule has 0 aliphatic carbocycles. The van der Waals surface area contributed by atoms with Gasteiger partial charge < -0.3 is 0 Å². The number of carbonyl (C=O) groups is 2. The van der Waals surface area contributed by atoms with Crippen LogP contribution in [0.25, 0.3) is 10.9 Å². The Hall–Kier alpha value is -3.35. The predicted molar refractivity (Wildman–Crippen MR) is 87.8 cm³/mol. The van der Waals surface area contributed by atoms with Gasteiger partial charge in [-0.25, -0.2) is 9.37 Å². The number of fused-ring (bicyclic) bond motifs is 2. The molecule has 0 saturated carbocycles. The minimum Gasteiger partial charge on any atom is -0.297 e. The van der Waals surface area contributed by atoms with Gasteiger partial charge in [-0.2, -0.15) is 0 Å². The van der Waals surface area contributed by atoms with Crippen molar-refractivity contribution in [3.63, 3.8) is 0 Å². The van der Waals surface area contributed by atoms with E-state index in [0.29, 0.717) is 11.1 Å². The number of aromatic nitrogens is 2. The Bertz CT molecular complexity index is 1060. The van der Waals surface area contributed by atoms with Crippen molar-refractivity contribution in [2.45, 2.75) is 6.54 Å². The van der Waals surface area contributed by atoms with Gasteiger partial charge in [-0.1, -0.05) is 12.1 Å². The summed E-state index contributed by atoms with van der Waals surface area (Å²) < 4.78 is 14.5. The summed E-state index contributed by atoms with van der Waals surface area (Å²) in [5.41, 5.74) is 0.655. The predicted octanol–water partition coefficient (Wildman–Crippen LogP) is 1.83. The third-order valence-electron chi connectivity index (χ3n) is 4.23. The second kappa shape index (κ2) is 5.62. The average Bonchev–Trinajstić information content (AvgIpc) is 2.86. The van der Waals surface area contributed by atoms with Crippen LogP contribution in [0.4, 0.5) is 4.39 Å². The van der Waals surface area contributed by atoms with E-state index in [2.05, 4.69) is 4.98 Å². The third-order valence-corrected chi connectivity index (χ3v) is 4.23. The van der Waals surface area contributed by atoms with E-state index in [1.165, 1.54) is 29.1 Å².